The minimum Gasteiger partial charge on any atom is -0.320 e. The molecule has 6 heteroatoms. The van der Waals surface area contributed by atoms with Crippen LogP contribution in [0.15, 0.2) is 71.8 Å². The highest BCUT2D eigenvalue weighted by atomic mass is 32.2. The fourth-order valence-electron chi connectivity index (χ4n) is 4.34. The molecule has 162 valence electrons. The van der Waals surface area contributed by atoms with Crippen LogP contribution in [0.1, 0.15) is 28.1 Å². The number of fused-ring (bicyclic) bond motifs is 3. The van der Waals surface area contributed by atoms with E-state index in [1.54, 1.807) is 22.6 Å². The lowest BCUT2D eigenvalue weighted by molar-refractivity contribution is 0.390. The van der Waals surface area contributed by atoms with Crippen molar-refractivity contribution in [3.8, 4) is 0 Å². The first-order valence-electron chi connectivity index (χ1n) is 10.7. The third-order valence-corrected chi connectivity index (χ3v) is 7.91. The minimum absolute atomic E-state index is 0.349. The molecule has 5 nitrogen and oxygen atoms in total. The van der Waals surface area contributed by atoms with Gasteiger partial charge in [0.05, 0.1) is 16.1 Å². The van der Waals surface area contributed by atoms with Crippen LogP contribution < -0.4 is 0 Å². The Balaban J connectivity index is 1.57. The number of rotatable bonds is 4. The average molecular weight is 444 g/mol. The molecule has 0 saturated heterocycles. The van der Waals surface area contributed by atoms with Crippen LogP contribution in [0, 0.1) is 13.8 Å². The van der Waals surface area contributed by atoms with E-state index in [2.05, 4.69) is 34.7 Å². The Labute approximate surface area is 188 Å². The summed E-state index contributed by atoms with van der Waals surface area (Å²) in [6.07, 6.45) is 6.47. The summed E-state index contributed by atoms with van der Waals surface area (Å²) < 4.78 is 30.4. The molecule has 5 rings (SSSR count). The van der Waals surface area contributed by atoms with Crippen LogP contribution in [0.2, 0.25) is 0 Å². The second kappa shape index (κ2) is 8.04. The van der Waals surface area contributed by atoms with Crippen molar-refractivity contribution in [2.75, 3.05) is 6.54 Å². The standard InChI is InChI=1S/C26H25N3O2S/c1-19-6-9-22(10-7-19)32(30,31)28-15-13-26-24(18-28)23-17-20(2)8-11-25(23)29(26)16-12-21-5-3-4-14-27-21/h3-12,14,16-17H,13,15,18H2,1-2H3. The zero-order valence-corrected chi connectivity index (χ0v) is 19.0. The van der Waals surface area contributed by atoms with E-state index in [0.717, 1.165) is 39.0 Å². The number of aryl methyl sites for hydroxylation is 2. The molecule has 3 heterocycles. The van der Waals surface area contributed by atoms with Gasteiger partial charge >= 0.3 is 0 Å². The van der Waals surface area contributed by atoms with E-state index >= 15 is 0 Å². The molecular formula is C26H25N3O2S. The summed E-state index contributed by atoms with van der Waals surface area (Å²) in [5.41, 5.74) is 6.41. The van der Waals surface area contributed by atoms with Crippen molar-refractivity contribution >= 4 is 33.2 Å². The predicted octanol–water partition coefficient (Wildman–Crippen LogP) is 5.03. The summed E-state index contributed by atoms with van der Waals surface area (Å²) in [6, 6.07) is 19.3. The molecule has 0 unspecified atom stereocenters. The van der Waals surface area contributed by atoms with Gasteiger partial charge < -0.3 is 4.57 Å². The van der Waals surface area contributed by atoms with Gasteiger partial charge in [0.1, 0.15) is 0 Å². The van der Waals surface area contributed by atoms with Gasteiger partial charge in [0.2, 0.25) is 10.0 Å². The molecule has 32 heavy (non-hydrogen) atoms. The van der Waals surface area contributed by atoms with E-state index < -0.39 is 10.0 Å². The molecule has 0 aliphatic carbocycles. The first-order valence-corrected chi connectivity index (χ1v) is 12.2. The Hall–Kier alpha value is -3.22. The van der Waals surface area contributed by atoms with Crippen molar-refractivity contribution < 1.29 is 8.42 Å². The van der Waals surface area contributed by atoms with E-state index in [4.69, 9.17) is 0 Å². The molecule has 2 aromatic carbocycles. The molecule has 0 bridgehead atoms. The number of benzene rings is 2. The van der Waals surface area contributed by atoms with Gasteiger partial charge in [-0.25, -0.2) is 8.42 Å². The monoisotopic (exact) mass is 443 g/mol. The molecule has 1 aliphatic heterocycles. The van der Waals surface area contributed by atoms with Crippen molar-refractivity contribution in [2.45, 2.75) is 31.7 Å². The van der Waals surface area contributed by atoms with E-state index in [1.165, 1.54) is 0 Å². The zero-order valence-electron chi connectivity index (χ0n) is 18.2. The lowest BCUT2D eigenvalue weighted by Gasteiger charge is -2.27. The van der Waals surface area contributed by atoms with Crippen LogP contribution in [0.3, 0.4) is 0 Å². The SMILES string of the molecule is Cc1ccc(S(=O)(=O)N2CCc3c(c4cc(C)ccc4n3C=Cc3ccccn3)C2)cc1. The second-order valence-corrected chi connectivity index (χ2v) is 10.2. The first-order chi connectivity index (χ1) is 15.4. The highest BCUT2D eigenvalue weighted by Crippen LogP contribution is 2.34. The van der Waals surface area contributed by atoms with Crippen LogP contribution in [0.25, 0.3) is 23.2 Å². The number of sulfonamides is 1. The van der Waals surface area contributed by atoms with Crippen LogP contribution in [0.4, 0.5) is 0 Å². The molecule has 0 fully saturated rings. The first kappa shape index (κ1) is 20.7. The molecule has 0 spiro atoms. The summed E-state index contributed by atoms with van der Waals surface area (Å²) in [5.74, 6) is 0. The molecule has 0 radical (unpaired) electrons. The number of hydrogen-bond acceptors (Lipinski definition) is 3. The lowest BCUT2D eigenvalue weighted by atomic mass is 10.0. The maximum atomic E-state index is 13.3. The maximum Gasteiger partial charge on any atom is 0.243 e. The van der Waals surface area contributed by atoms with Crippen LogP contribution in [0.5, 0.6) is 0 Å². The van der Waals surface area contributed by atoms with Crippen molar-refractivity contribution in [3.05, 3.63) is 94.9 Å². The summed E-state index contributed by atoms with van der Waals surface area (Å²) in [6.45, 7) is 4.85. The Bertz CT molecular complexity index is 1420. The van der Waals surface area contributed by atoms with Crippen LogP contribution in [-0.4, -0.2) is 28.8 Å². The Kier molecular flexibility index (Phi) is 5.19. The number of pyridine rings is 1. The second-order valence-electron chi connectivity index (χ2n) is 8.29. The van der Waals surface area contributed by atoms with Gasteiger partial charge in [-0.3, -0.25) is 4.98 Å². The van der Waals surface area contributed by atoms with E-state index in [1.807, 2.05) is 49.5 Å². The van der Waals surface area contributed by atoms with E-state index in [-0.39, 0.29) is 0 Å². The van der Waals surface area contributed by atoms with Crippen LogP contribution in [-0.2, 0) is 23.0 Å². The Morgan fingerprint density at radius 1 is 0.969 bits per heavy atom. The molecule has 2 aromatic heterocycles. The predicted molar refractivity (Wildman–Crippen MR) is 129 cm³/mol. The van der Waals surface area contributed by atoms with Crippen molar-refractivity contribution in [1.82, 2.24) is 13.9 Å². The highest BCUT2D eigenvalue weighted by Gasteiger charge is 2.31. The van der Waals surface area contributed by atoms with Crippen LogP contribution >= 0.6 is 0 Å². The fraction of sp³-hybridized carbons (Fsp3) is 0.192. The molecule has 0 N–H and O–H groups in total. The summed E-state index contributed by atoms with van der Waals surface area (Å²) in [5, 5.41) is 1.11. The van der Waals surface area contributed by atoms with Gasteiger partial charge in [0.25, 0.3) is 0 Å². The van der Waals surface area contributed by atoms with Gasteiger partial charge in [-0.15, -0.1) is 0 Å². The third-order valence-electron chi connectivity index (χ3n) is 6.05. The highest BCUT2D eigenvalue weighted by molar-refractivity contribution is 7.89. The molecule has 1 aliphatic rings. The molecular weight excluding hydrogens is 418 g/mol. The van der Waals surface area contributed by atoms with Crippen molar-refractivity contribution in [1.29, 1.82) is 0 Å². The molecule has 0 atom stereocenters. The van der Waals surface area contributed by atoms with E-state index in [9.17, 15) is 8.42 Å². The molecule has 4 aromatic rings. The normalized spacial score (nSPS) is 14.8. The topological polar surface area (TPSA) is 55.2 Å². The number of aromatic nitrogens is 2. The molecule has 0 saturated carbocycles. The summed E-state index contributed by atoms with van der Waals surface area (Å²) >= 11 is 0. The van der Waals surface area contributed by atoms with Crippen molar-refractivity contribution in [2.24, 2.45) is 0 Å². The van der Waals surface area contributed by atoms with E-state index in [0.29, 0.717) is 24.4 Å². The van der Waals surface area contributed by atoms with Gasteiger partial charge in [-0.1, -0.05) is 35.4 Å². The zero-order chi connectivity index (χ0) is 22.3. The molecule has 0 amide bonds. The minimum atomic E-state index is -3.55. The Morgan fingerprint density at radius 3 is 2.50 bits per heavy atom. The third kappa shape index (κ3) is 3.66. The average Bonchev–Trinajstić information content (AvgIpc) is 3.11. The maximum absolute atomic E-state index is 13.3. The largest absolute Gasteiger partial charge is 0.320 e. The fourth-order valence-corrected chi connectivity index (χ4v) is 5.75. The van der Waals surface area contributed by atoms with Gasteiger partial charge in [-0.2, -0.15) is 4.31 Å². The van der Waals surface area contributed by atoms with Gasteiger partial charge in [-0.05, 0) is 61.9 Å². The quantitative estimate of drug-likeness (QED) is 0.445. The van der Waals surface area contributed by atoms with Gasteiger partial charge in [0.15, 0.2) is 0 Å². The number of hydrogen-bond donors (Lipinski definition) is 0. The van der Waals surface area contributed by atoms with Gasteiger partial charge in [0, 0.05) is 43.0 Å². The summed E-state index contributed by atoms with van der Waals surface area (Å²) in [7, 11) is -3.55. The smallest absolute Gasteiger partial charge is 0.243 e. The lowest BCUT2D eigenvalue weighted by Crippen LogP contribution is -2.36. The number of nitrogens with zero attached hydrogens (tertiary/aromatic N) is 3. The Morgan fingerprint density at radius 2 is 1.75 bits per heavy atom. The van der Waals surface area contributed by atoms with Crippen molar-refractivity contribution in [3.63, 3.8) is 0 Å². The summed E-state index contributed by atoms with van der Waals surface area (Å²) in [4.78, 5) is 4.73.